The second kappa shape index (κ2) is 9.61. The number of benzene rings is 4. The molecule has 4 heterocycles. The van der Waals surface area contributed by atoms with Crippen LogP contribution < -0.4 is 4.74 Å². The van der Waals surface area contributed by atoms with Gasteiger partial charge in [-0.05, 0) is 66.2 Å². The maximum absolute atomic E-state index is 6.47. The number of hydrogen-bond donors (Lipinski definition) is 0. The van der Waals surface area contributed by atoms with Gasteiger partial charge in [0.2, 0.25) is 0 Å². The molecule has 5 heteroatoms. The predicted octanol–water partition coefficient (Wildman–Crippen LogP) is 9.82. The van der Waals surface area contributed by atoms with Crippen molar-refractivity contribution in [2.45, 2.75) is 29.1 Å². The summed E-state index contributed by atoms with van der Waals surface area (Å²) in [6, 6.07) is 39.8. The number of nitrogens with zero attached hydrogens (tertiary/aromatic N) is 3. The first-order valence-corrected chi connectivity index (χ1v) is 14.9. The molecule has 42 heavy (non-hydrogen) atoms. The van der Waals surface area contributed by atoms with Crippen molar-refractivity contribution in [2.75, 3.05) is 0 Å². The van der Waals surface area contributed by atoms with E-state index in [1.165, 1.54) is 37.2 Å². The molecule has 3 aromatic heterocycles. The molecule has 0 spiro atoms. The Kier molecular flexibility index (Phi) is 5.69. The molecular weight excluding hydrogens is 534 g/mol. The van der Waals surface area contributed by atoms with Gasteiger partial charge in [0, 0.05) is 55.6 Å². The van der Waals surface area contributed by atoms with Crippen LogP contribution in [0.3, 0.4) is 0 Å². The zero-order chi connectivity index (χ0) is 28.3. The van der Waals surface area contributed by atoms with Gasteiger partial charge in [-0.25, -0.2) is 4.98 Å². The van der Waals surface area contributed by atoms with Gasteiger partial charge in [0.15, 0.2) is 0 Å². The van der Waals surface area contributed by atoms with Crippen molar-refractivity contribution in [3.63, 3.8) is 0 Å². The van der Waals surface area contributed by atoms with E-state index in [9.17, 15) is 0 Å². The van der Waals surface area contributed by atoms with E-state index in [0.717, 1.165) is 34.1 Å². The summed E-state index contributed by atoms with van der Waals surface area (Å²) < 4.78 is 8.79. The van der Waals surface area contributed by atoms with E-state index in [4.69, 9.17) is 9.72 Å². The average Bonchev–Trinajstić information content (AvgIpc) is 3.35. The summed E-state index contributed by atoms with van der Waals surface area (Å²) in [6.07, 6.45) is 3.67. The van der Waals surface area contributed by atoms with Crippen molar-refractivity contribution in [3.05, 3.63) is 139 Å². The van der Waals surface area contributed by atoms with Crippen LogP contribution in [0.5, 0.6) is 11.5 Å². The first-order valence-electron chi connectivity index (χ1n) is 14.1. The summed E-state index contributed by atoms with van der Waals surface area (Å²) in [5.74, 6) is 2.43. The van der Waals surface area contributed by atoms with Crippen LogP contribution in [-0.4, -0.2) is 14.5 Å². The van der Waals surface area contributed by atoms with E-state index in [1.54, 1.807) is 0 Å². The molecule has 0 atom stereocenters. The van der Waals surface area contributed by atoms with Crippen LogP contribution in [0.25, 0.3) is 38.9 Å². The molecule has 1 aliphatic rings. The number of fused-ring (bicyclic) bond motifs is 6. The molecule has 202 valence electrons. The predicted molar refractivity (Wildman–Crippen MR) is 171 cm³/mol. The van der Waals surface area contributed by atoms with E-state index in [2.05, 4.69) is 90.1 Å². The highest BCUT2D eigenvalue weighted by Crippen LogP contribution is 2.53. The monoisotopic (exact) mass is 561 g/mol. The first-order chi connectivity index (χ1) is 20.6. The van der Waals surface area contributed by atoms with Gasteiger partial charge in [0.25, 0.3) is 0 Å². The zero-order valence-corrected chi connectivity index (χ0v) is 24.1. The smallest absolute Gasteiger partial charge is 0.137 e. The zero-order valence-electron chi connectivity index (χ0n) is 23.3. The summed E-state index contributed by atoms with van der Waals surface area (Å²) >= 11 is 1.85. The van der Waals surface area contributed by atoms with Gasteiger partial charge >= 0.3 is 0 Å². The highest BCUT2D eigenvalue weighted by atomic mass is 32.2. The third-order valence-electron chi connectivity index (χ3n) is 8.18. The molecule has 0 N–H and O–H groups in total. The van der Waals surface area contributed by atoms with E-state index in [0.29, 0.717) is 0 Å². The average molecular weight is 562 g/mol. The number of ether oxygens (including phenoxy) is 1. The number of aromatic nitrogens is 3. The molecule has 4 aromatic carbocycles. The van der Waals surface area contributed by atoms with Crippen LogP contribution >= 0.6 is 11.8 Å². The lowest BCUT2D eigenvalue weighted by Crippen LogP contribution is -2.24. The number of rotatable bonds is 4. The molecule has 0 bridgehead atoms. The molecule has 0 unspecified atom stereocenters. The minimum absolute atomic E-state index is 0.192. The minimum atomic E-state index is -0.192. The molecule has 4 nitrogen and oxygen atoms in total. The van der Waals surface area contributed by atoms with E-state index in [1.807, 2.05) is 72.7 Å². The second-order valence-electron chi connectivity index (χ2n) is 11.1. The lowest BCUT2D eigenvalue weighted by molar-refractivity contribution is 0.483. The van der Waals surface area contributed by atoms with Crippen LogP contribution in [0.1, 0.15) is 25.0 Å². The van der Waals surface area contributed by atoms with E-state index in [-0.39, 0.29) is 5.41 Å². The largest absolute Gasteiger partial charge is 0.457 e. The normalized spacial score (nSPS) is 13.6. The number of hydrogen-bond acceptors (Lipinski definition) is 4. The van der Waals surface area contributed by atoms with Gasteiger partial charge in [0.1, 0.15) is 17.3 Å². The van der Waals surface area contributed by atoms with Crippen LogP contribution in [-0.2, 0) is 5.41 Å². The highest BCUT2D eigenvalue weighted by molar-refractivity contribution is 7.99. The molecule has 0 saturated heterocycles. The third-order valence-corrected chi connectivity index (χ3v) is 9.31. The van der Waals surface area contributed by atoms with Crippen molar-refractivity contribution in [2.24, 2.45) is 0 Å². The van der Waals surface area contributed by atoms with Gasteiger partial charge in [0.05, 0.1) is 16.7 Å². The van der Waals surface area contributed by atoms with Crippen molar-refractivity contribution in [1.29, 1.82) is 0 Å². The maximum Gasteiger partial charge on any atom is 0.137 e. The Morgan fingerprint density at radius 1 is 0.667 bits per heavy atom. The highest BCUT2D eigenvalue weighted by Gasteiger charge is 2.36. The number of pyridine rings is 2. The van der Waals surface area contributed by atoms with Gasteiger partial charge in [-0.15, -0.1) is 0 Å². The van der Waals surface area contributed by atoms with Gasteiger partial charge < -0.3 is 4.74 Å². The minimum Gasteiger partial charge on any atom is -0.457 e. The maximum atomic E-state index is 6.47. The molecule has 0 saturated carbocycles. The quantitative estimate of drug-likeness (QED) is 0.214. The summed E-state index contributed by atoms with van der Waals surface area (Å²) in [5, 5.41) is 2.39. The lowest BCUT2D eigenvalue weighted by atomic mass is 9.76. The van der Waals surface area contributed by atoms with Crippen LogP contribution in [0.2, 0.25) is 0 Å². The Morgan fingerprint density at radius 3 is 2.29 bits per heavy atom. The standard InChI is InChI=1S/C37H27N3OS/c1-37(2)29-12-3-4-14-32(29)42-33-19-18-28-27-17-16-26(41-25-11-9-10-24(22-25)30-13-5-7-20-38-30)23-31(27)40(36(28)35(33)37)34-15-6-8-21-39-34/h3-23H,1-2H3. The lowest BCUT2D eigenvalue weighted by Gasteiger charge is -2.35. The fourth-order valence-corrected chi connectivity index (χ4v) is 7.66. The molecule has 0 aliphatic carbocycles. The Hall–Kier alpha value is -4.87. The Labute approximate surface area is 248 Å². The Bertz CT molecular complexity index is 2120. The van der Waals surface area contributed by atoms with Crippen LogP contribution in [0, 0.1) is 0 Å². The molecular formula is C37H27N3OS. The summed E-state index contributed by atoms with van der Waals surface area (Å²) in [6.45, 7) is 4.68. The fraction of sp³-hybridized carbons (Fsp3) is 0.0811. The molecule has 8 rings (SSSR count). The molecule has 0 amide bonds. The second-order valence-corrected chi connectivity index (χ2v) is 12.2. The van der Waals surface area contributed by atoms with Crippen LogP contribution in [0.15, 0.2) is 137 Å². The van der Waals surface area contributed by atoms with E-state index < -0.39 is 0 Å². The SMILES string of the molecule is CC1(C)c2ccccc2Sc2ccc3c4ccc(Oc5cccc(-c6ccccn6)c5)cc4n(-c4ccccn4)c3c21. The molecule has 7 aromatic rings. The topological polar surface area (TPSA) is 39.9 Å². The van der Waals surface area contributed by atoms with Gasteiger partial charge in [-0.3, -0.25) is 9.55 Å². The Morgan fingerprint density at radius 2 is 1.45 bits per heavy atom. The molecule has 1 aliphatic heterocycles. The Balaban J connectivity index is 1.33. The first kappa shape index (κ1) is 24.9. The summed E-state index contributed by atoms with van der Waals surface area (Å²) in [4.78, 5) is 11.9. The van der Waals surface area contributed by atoms with Gasteiger partial charge in [-0.1, -0.05) is 74.1 Å². The van der Waals surface area contributed by atoms with E-state index >= 15 is 0 Å². The van der Waals surface area contributed by atoms with Crippen molar-refractivity contribution < 1.29 is 4.74 Å². The van der Waals surface area contributed by atoms with Crippen LogP contribution in [0.4, 0.5) is 0 Å². The summed E-state index contributed by atoms with van der Waals surface area (Å²) in [7, 11) is 0. The molecule has 0 radical (unpaired) electrons. The molecule has 0 fully saturated rings. The summed E-state index contributed by atoms with van der Waals surface area (Å²) in [5.41, 5.74) is 6.69. The fourth-order valence-electron chi connectivity index (χ4n) is 6.26. The van der Waals surface area contributed by atoms with Gasteiger partial charge in [-0.2, -0.15) is 0 Å². The third kappa shape index (κ3) is 3.92. The van der Waals surface area contributed by atoms with Crippen molar-refractivity contribution in [1.82, 2.24) is 14.5 Å². The van der Waals surface area contributed by atoms with Crippen molar-refractivity contribution >= 4 is 33.6 Å². The van der Waals surface area contributed by atoms with Crippen molar-refractivity contribution in [3.8, 4) is 28.6 Å².